The minimum absolute atomic E-state index is 0.359. The fourth-order valence-electron chi connectivity index (χ4n) is 4.73. The minimum Gasteiger partial charge on any atom is -0.291 e. The van der Waals surface area contributed by atoms with Crippen molar-refractivity contribution < 1.29 is 0 Å². The lowest BCUT2D eigenvalue weighted by molar-refractivity contribution is 0.790. The zero-order valence-corrected chi connectivity index (χ0v) is 17.9. The molecule has 1 unspecified atom stereocenters. The molecule has 2 nitrogen and oxygen atoms in total. The van der Waals surface area contributed by atoms with Crippen molar-refractivity contribution in [1.29, 1.82) is 0 Å². The molecule has 4 aromatic rings. The van der Waals surface area contributed by atoms with Gasteiger partial charge in [-0.05, 0) is 40.2 Å². The Hall–Kier alpha value is -2.87. The summed E-state index contributed by atoms with van der Waals surface area (Å²) < 4.78 is 2.44. The highest BCUT2D eigenvalue weighted by molar-refractivity contribution is 5.89. The molecule has 2 heterocycles. The molecule has 3 aromatic carbocycles. The van der Waals surface area contributed by atoms with Gasteiger partial charge in [-0.3, -0.25) is 4.57 Å². The van der Waals surface area contributed by atoms with Crippen LogP contribution >= 0.6 is 0 Å². The summed E-state index contributed by atoms with van der Waals surface area (Å²) in [5, 5.41) is 0. The minimum atomic E-state index is 0.359. The van der Waals surface area contributed by atoms with E-state index in [9.17, 15) is 0 Å². The third-order valence-electron chi connectivity index (χ3n) is 6.38. The third kappa shape index (κ3) is 2.66. The first-order valence-corrected chi connectivity index (χ1v) is 10.7. The first-order chi connectivity index (χ1) is 14.0. The molecule has 0 amide bonds. The number of benzene rings is 3. The fraction of sp³-hybridized carbons (Fsp3) is 0.296. The Morgan fingerprint density at radius 1 is 0.828 bits per heavy atom. The van der Waals surface area contributed by atoms with Crippen molar-refractivity contribution >= 4 is 11.0 Å². The summed E-state index contributed by atoms with van der Waals surface area (Å²) in [6, 6.07) is 22.0. The molecular weight excluding hydrogens is 352 g/mol. The Balaban J connectivity index is 1.95. The molecule has 0 radical (unpaired) electrons. The average molecular weight is 381 g/mol. The lowest BCUT2D eigenvalue weighted by Crippen LogP contribution is -2.16. The third-order valence-corrected chi connectivity index (χ3v) is 6.38. The van der Waals surface area contributed by atoms with E-state index < -0.39 is 0 Å². The van der Waals surface area contributed by atoms with Crippen LogP contribution in [0.1, 0.15) is 74.6 Å². The first-order valence-electron chi connectivity index (χ1n) is 10.7. The van der Waals surface area contributed by atoms with Crippen LogP contribution in [-0.2, 0) is 0 Å². The van der Waals surface area contributed by atoms with Crippen LogP contribution in [0.5, 0.6) is 0 Å². The molecule has 146 valence electrons. The molecule has 0 spiro atoms. The molecule has 0 bridgehead atoms. The van der Waals surface area contributed by atoms with E-state index >= 15 is 0 Å². The topological polar surface area (TPSA) is 17.8 Å². The molecule has 0 saturated carbocycles. The van der Waals surface area contributed by atoms with E-state index in [1.165, 1.54) is 33.5 Å². The summed E-state index contributed by atoms with van der Waals surface area (Å²) in [6.45, 7) is 11.5. The number of aromatic nitrogens is 2. The maximum atomic E-state index is 5.11. The van der Waals surface area contributed by atoms with Crippen molar-refractivity contribution in [2.75, 3.05) is 0 Å². The number of fused-ring (bicyclic) bond motifs is 2. The van der Waals surface area contributed by atoms with Crippen molar-refractivity contribution in [2.24, 2.45) is 0 Å². The average Bonchev–Trinajstić information content (AvgIpc) is 3.11. The molecule has 0 saturated heterocycles. The van der Waals surface area contributed by atoms with Crippen LogP contribution in [-0.4, -0.2) is 9.55 Å². The quantitative estimate of drug-likeness (QED) is 0.362. The Labute approximate surface area is 173 Å². The monoisotopic (exact) mass is 380 g/mol. The highest BCUT2D eigenvalue weighted by Gasteiger charge is 2.31. The Morgan fingerprint density at radius 3 is 2.28 bits per heavy atom. The number of imidazole rings is 1. The SMILES string of the molecule is CC(C)c1cc(C(C)C)c2c(c1)C(C)c1cccc3nc(-c4ccccc4)n-2c13. The number of nitrogens with zero attached hydrogens (tertiary/aromatic N) is 2. The second kappa shape index (κ2) is 6.59. The molecule has 0 aliphatic carbocycles. The van der Waals surface area contributed by atoms with E-state index in [0.29, 0.717) is 17.8 Å². The Morgan fingerprint density at radius 2 is 1.59 bits per heavy atom. The zero-order chi connectivity index (χ0) is 20.3. The van der Waals surface area contributed by atoms with E-state index in [2.05, 4.69) is 99.8 Å². The van der Waals surface area contributed by atoms with Gasteiger partial charge >= 0.3 is 0 Å². The lowest BCUT2D eigenvalue weighted by atomic mass is 9.82. The van der Waals surface area contributed by atoms with E-state index in [1.54, 1.807) is 0 Å². The van der Waals surface area contributed by atoms with E-state index in [4.69, 9.17) is 4.98 Å². The van der Waals surface area contributed by atoms with Crippen LogP contribution in [0.4, 0.5) is 0 Å². The number of rotatable bonds is 3. The van der Waals surface area contributed by atoms with Gasteiger partial charge in [0.25, 0.3) is 0 Å². The zero-order valence-electron chi connectivity index (χ0n) is 17.9. The largest absolute Gasteiger partial charge is 0.291 e. The normalized spacial score (nSPS) is 15.3. The first kappa shape index (κ1) is 18.2. The molecule has 1 aromatic heterocycles. The second-order valence-corrected chi connectivity index (χ2v) is 8.93. The summed E-state index contributed by atoms with van der Waals surface area (Å²) >= 11 is 0. The van der Waals surface area contributed by atoms with Gasteiger partial charge in [0.15, 0.2) is 0 Å². The highest BCUT2D eigenvalue weighted by Crippen LogP contribution is 2.46. The van der Waals surface area contributed by atoms with Gasteiger partial charge in [0.2, 0.25) is 0 Å². The van der Waals surface area contributed by atoms with Crippen LogP contribution < -0.4 is 0 Å². The number of para-hydroxylation sites is 1. The van der Waals surface area contributed by atoms with E-state index in [1.807, 2.05) is 0 Å². The summed E-state index contributed by atoms with van der Waals surface area (Å²) in [5.41, 5.74) is 10.5. The fourth-order valence-corrected chi connectivity index (χ4v) is 4.73. The van der Waals surface area contributed by atoms with Gasteiger partial charge in [-0.25, -0.2) is 4.98 Å². The van der Waals surface area contributed by atoms with Gasteiger partial charge in [-0.2, -0.15) is 0 Å². The molecule has 0 N–H and O–H groups in total. The van der Waals surface area contributed by atoms with Crippen molar-refractivity contribution in [3.63, 3.8) is 0 Å². The summed E-state index contributed by atoms with van der Waals surface area (Å²) in [6.07, 6.45) is 0. The van der Waals surface area contributed by atoms with E-state index in [-0.39, 0.29) is 0 Å². The molecule has 29 heavy (non-hydrogen) atoms. The van der Waals surface area contributed by atoms with Crippen molar-refractivity contribution in [2.45, 2.75) is 52.4 Å². The van der Waals surface area contributed by atoms with Crippen molar-refractivity contribution in [1.82, 2.24) is 9.55 Å². The Kier molecular flexibility index (Phi) is 4.13. The Bertz CT molecular complexity index is 1210. The lowest BCUT2D eigenvalue weighted by Gasteiger charge is -2.30. The standard InChI is InChI=1S/C27H28N2/c1-16(2)20-14-22(17(3)4)25-23(15-20)18(5)21-12-9-13-24-26(21)29(25)27(28-24)19-10-7-6-8-11-19/h6-18H,1-5H3. The summed E-state index contributed by atoms with van der Waals surface area (Å²) in [4.78, 5) is 5.11. The number of hydrogen-bond acceptors (Lipinski definition) is 1. The molecule has 1 atom stereocenters. The molecule has 1 aliphatic heterocycles. The predicted octanol–water partition coefficient (Wildman–Crippen LogP) is 7.40. The molecule has 0 fully saturated rings. The van der Waals surface area contributed by atoms with Crippen LogP contribution in [0.3, 0.4) is 0 Å². The van der Waals surface area contributed by atoms with Crippen molar-refractivity contribution in [3.8, 4) is 17.1 Å². The maximum absolute atomic E-state index is 5.11. The molecule has 1 aliphatic rings. The van der Waals surface area contributed by atoms with Gasteiger partial charge in [-0.1, -0.05) is 89.2 Å². The van der Waals surface area contributed by atoms with Gasteiger partial charge in [0, 0.05) is 11.5 Å². The maximum Gasteiger partial charge on any atom is 0.145 e. The van der Waals surface area contributed by atoms with E-state index in [0.717, 1.165) is 16.9 Å². The van der Waals surface area contributed by atoms with Gasteiger partial charge in [0.05, 0.1) is 16.7 Å². The smallest absolute Gasteiger partial charge is 0.145 e. The van der Waals surface area contributed by atoms with Gasteiger partial charge < -0.3 is 0 Å². The summed E-state index contributed by atoms with van der Waals surface area (Å²) in [7, 11) is 0. The van der Waals surface area contributed by atoms with Crippen LogP contribution in [0.25, 0.3) is 28.1 Å². The molecule has 2 heteroatoms. The number of hydrogen-bond donors (Lipinski definition) is 0. The predicted molar refractivity (Wildman–Crippen MR) is 122 cm³/mol. The van der Waals surface area contributed by atoms with Crippen LogP contribution in [0, 0.1) is 0 Å². The van der Waals surface area contributed by atoms with Crippen molar-refractivity contribution in [3.05, 3.63) is 82.9 Å². The van der Waals surface area contributed by atoms with Crippen LogP contribution in [0.15, 0.2) is 60.7 Å². The molecular formula is C27H28N2. The second-order valence-electron chi connectivity index (χ2n) is 8.93. The van der Waals surface area contributed by atoms with Crippen LogP contribution in [0.2, 0.25) is 0 Å². The molecule has 5 rings (SSSR count). The summed E-state index contributed by atoms with van der Waals surface area (Å²) in [5.74, 6) is 2.36. The highest BCUT2D eigenvalue weighted by atomic mass is 15.1. The van der Waals surface area contributed by atoms with Gasteiger partial charge in [0.1, 0.15) is 5.82 Å². The van der Waals surface area contributed by atoms with Gasteiger partial charge in [-0.15, -0.1) is 0 Å².